The number of fused-ring (bicyclic) bond motifs is 1. The maximum atomic E-state index is 12.2. The molecule has 1 N–H and O–H groups in total. The molecule has 0 amide bonds. The molecule has 0 radical (unpaired) electrons. The summed E-state index contributed by atoms with van der Waals surface area (Å²) >= 11 is 0. The highest BCUT2D eigenvalue weighted by atomic mass is 19.4. The van der Waals surface area contributed by atoms with Crippen molar-refractivity contribution < 1.29 is 18.3 Å². The number of aryl methyl sites for hydroxylation is 1. The van der Waals surface area contributed by atoms with Crippen LogP contribution in [0.25, 0.3) is 0 Å². The number of hydrogen-bond acceptors (Lipinski definition) is 1. The Morgan fingerprint density at radius 3 is 2.65 bits per heavy atom. The average Bonchev–Trinajstić information content (AvgIpc) is 2.27. The summed E-state index contributed by atoms with van der Waals surface area (Å²) in [7, 11) is 0. The molecule has 0 bridgehead atoms. The number of benzene rings is 1. The van der Waals surface area contributed by atoms with Crippen LogP contribution in [0.3, 0.4) is 0 Å². The highest BCUT2D eigenvalue weighted by Crippen LogP contribution is 2.38. The van der Waals surface area contributed by atoms with Gasteiger partial charge in [0.1, 0.15) is 0 Å². The van der Waals surface area contributed by atoms with Gasteiger partial charge in [0.2, 0.25) is 0 Å². The summed E-state index contributed by atoms with van der Waals surface area (Å²) in [6, 6.07) is 7.44. The van der Waals surface area contributed by atoms with Gasteiger partial charge in [-0.3, -0.25) is 0 Å². The Morgan fingerprint density at radius 1 is 1.24 bits per heavy atom. The first kappa shape index (κ1) is 12.4. The predicted molar refractivity (Wildman–Crippen MR) is 58.5 cm³/mol. The van der Waals surface area contributed by atoms with E-state index in [1.165, 1.54) is 0 Å². The Hall–Kier alpha value is -1.03. The van der Waals surface area contributed by atoms with Gasteiger partial charge in [0.25, 0.3) is 0 Å². The molecule has 0 spiro atoms. The SMILES string of the molecule is OC1c2ccccc2CCC1CCC(F)(F)F. The summed E-state index contributed by atoms with van der Waals surface area (Å²) in [5.41, 5.74) is 1.86. The average molecular weight is 244 g/mol. The molecule has 2 unspecified atom stereocenters. The molecule has 0 aromatic heterocycles. The normalized spacial score (nSPS) is 24.5. The van der Waals surface area contributed by atoms with E-state index < -0.39 is 18.7 Å². The molecule has 1 aliphatic rings. The zero-order valence-corrected chi connectivity index (χ0v) is 9.37. The molecule has 1 aliphatic carbocycles. The van der Waals surface area contributed by atoms with Crippen molar-refractivity contribution in [1.82, 2.24) is 0 Å². The van der Waals surface area contributed by atoms with Gasteiger partial charge in [-0.2, -0.15) is 13.2 Å². The second-order valence-corrected chi connectivity index (χ2v) is 4.60. The summed E-state index contributed by atoms with van der Waals surface area (Å²) in [5.74, 6) is -0.272. The molecule has 4 heteroatoms. The van der Waals surface area contributed by atoms with Gasteiger partial charge >= 0.3 is 6.18 Å². The lowest BCUT2D eigenvalue weighted by Gasteiger charge is -2.30. The minimum atomic E-state index is -4.13. The molecule has 17 heavy (non-hydrogen) atoms. The van der Waals surface area contributed by atoms with Gasteiger partial charge in [0.15, 0.2) is 0 Å². The number of rotatable bonds is 2. The number of halogens is 3. The summed E-state index contributed by atoms with van der Waals surface area (Å²) < 4.78 is 36.5. The Morgan fingerprint density at radius 2 is 1.94 bits per heavy atom. The molecule has 0 saturated carbocycles. The summed E-state index contributed by atoms with van der Waals surface area (Å²) in [6.07, 6.45) is -4.28. The van der Waals surface area contributed by atoms with Gasteiger partial charge in [0, 0.05) is 6.42 Å². The molecule has 0 saturated heterocycles. The molecular formula is C13H15F3O. The monoisotopic (exact) mass is 244 g/mol. The highest BCUT2D eigenvalue weighted by Gasteiger charge is 2.33. The smallest absolute Gasteiger partial charge is 0.388 e. The van der Waals surface area contributed by atoms with Crippen LogP contribution in [-0.2, 0) is 6.42 Å². The molecule has 1 nitrogen and oxygen atoms in total. The Labute approximate surface area is 98.3 Å². The quantitative estimate of drug-likeness (QED) is 0.842. The lowest BCUT2D eigenvalue weighted by molar-refractivity contribution is -0.139. The van der Waals surface area contributed by atoms with Gasteiger partial charge in [-0.1, -0.05) is 24.3 Å². The van der Waals surface area contributed by atoms with Crippen molar-refractivity contribution in [2.45, 2.75) is 38.0 Å². The summed E-state index contributed by atoms with van der Waals surface area (Å²) in [4.78, 5) is 0. The van der Waals surface area contributed by atoms with E-state index in [0.717, 1.165) is 17.5 Å². The Balaban J connectivity index is 2.05. The molecule has 1 aromatic rings. The first-order valence-electron chi connectivity index (χ1n) is 5.80. The van der Waals surface area contributed by atoms with Gasteiger partial charge in [-0.25, -0.2) is 0 Å². The van der Waals surface area contributed by atoms with Crippen molar-refractivity contribution in [2.75, 3.05) is 0 Å². The van der Waals surface area contributed by atoms with Crippen LogP contribution < -0.4 is 0 Å². The third-order valence-corrected chi connectivity index (χ3v) is 3.40. The van der Waals surface area contributed by atoms with Crippen molar-refractivity contribution in [3.05, 3.63) is 35.4 Å². The van der Waals surface area contributed by atoms with Crippen LogP contribution in [0.1, 0.15) is 36.5 Å². The van der Waals surface area contributed by atoms with Crippen molar-refractivity contribution in [1.29, 1.82) is 0 Å². The van der Waals surface area contributed by atoms with E-state index in [1.54, 1.807) is 6.07 Å². The first-order valence-corrected chi connectivity index (χ1v) is 5.80. The maximum absolute atomic E-state index is 12.2. The van der Waals surface area contributed by atoms with Crippen LogP contribution >= 0.6 is 0 Å². The Bertz CT molecular complexity index is 386. The molecule has 1 aromatic carbocycles. The minimum Gasteiger partial charge on any atom is -0.388 e. The maximum Gasteiger partial charge on any atom is 0.389 e. The second kappa shape index (κ2) is 4.69. The van der Waals surface area contributed by atoms with Gasteiger partial charge < -0.3 is 5.11 Å². The summed E-state index contributed by atoms with van der Waals surface area (Å²) in [6.45, 7) is 0. The number of alkyl halides is 3. The number of hydrogen-bond donors (Lipinski definition) is 1. The molecule has 94 valence electrons. The van der Waals surface area contributed by atoms with E-state index in [2.05, 4.69) is 0 Å². The zero-order chi connectivity index (χ0) is 12.5. The molecule has 2 rings (SSSR count). The molecular weight excluding hydrogens is 229 g/mol. The molecule has 0 fully saturated rings. The number of aliphatic hydroxyl groups is 1. The van der Waals surface area contributed by atoms with E-state index in [-0.39, 0.29) is 12.3 Å². The lowest BCUT2D eigenvalue weighted by Crippen LogP contribution is -2.22. The number of aliphatic hydroxyl groups excluding tert-OH is 1. The zero-order valence-electron chi connectivity index (χ0n) is 9.37. The van der Waals surface area contributed by atoms with Crippen LogP contribution in [0.5, 0.6) is 0 Å². The molecule has 2 atom stereocenters. The van der Waals surface area contributed by atoms with Crippen molar-refractivity contribution >= 4 is 0 Å². The van der Waals surface area contributed by atoms with Gasteiger partial charge in [-0.15, -0.1) is 0 Å². The van der Waals surface area contributed by atoms with Crippen LogP contribution in [0.4, 0.5) is 13.2 Å². The van der Waals surface area contributed by atoms with E-state index in [0.29, 0.717) is 6.42 Å². The van der Waals surface area contributed by atoms with Crippen LogP contribution in [0, 0.1) is 5.92 Å². The van der Waals surface area contributed by atoms with Crippen LogP contribution in [0.15, 0.2) is 24.3 Å². The first-order chi connectivity index (χ1) is 7.97. The molecule has 0 heterocycles. The highest BCUT2D eigenvalue weighted by molar-refractivity contribution is 5.31. The van der Waals surface area contributed by atoms with Gasteiger partial charge in [0.05, 0.1) is 6.10 Å². The fraction of sp³-hybridized carbons (Fsp3) is 0.538. The minimum absolute atomic E-state index is 0.0129. The van der Waals surface area contributed by atoms with Crippen molar-refractivity contribution in [2.24, 2.45) is 5.92 Å². The fourth-order valence-corrected chi connectivity index (χ4v) is 2.45. The largest absolute Gasteiger partial charge is 0.389 e. The predicted octanol–water partition coefficient (Wildman–Crippen LogP) is 3.62. The third-order valence-electron chi connectivity index (χ3n) is 3.40. The third kappa shape index (κ3) is 3.00. The fourth-order valence-electron chi connectivity index (χ4n) is 2.45. The van der Waals surface area contributed by atoms with Gasteiger partial charge in [-0.05, 0) is 36.3 Å². The summed E-state index contributed by atoms with van der Waals surface area (Å²) in [5, 5.41) is 10.1. The van der Waals surface area contributed by atoms with Crippen molar-refractivity contribution in [3.8, 4) is 0 Å². The van der Waals surface area contributed by atoms with Crippen molar-refractivity contribution in [3.63, 3.8) is 0 Å². The van der Waals surface area contributed by atoms with Crippen LogP contribution in [-0.4, -0.2) is 11.3 Å². The van der Waals surface area contributed by atoms with E-state index >= 15 is 0 Å². The van der Waals surface area contributed by atoms with Crippen LogP contribution in [0.2, 0.25) is 0 Å². The topological polar surface area (TPSA) is 20.2 Å². The van der Waals surface area contributed by atoms with E-state index in [1.807, 2.05) is 18.2 Å². The lowest BCUT2D eigenvalue weighted by atomic mass is 9.79. The second-order valence-electron chi connectivity index (χ2n) is 4.60. The van der Waals surface area contributed by atoms with E-state index in [4.69, 9.17) is 0 Å². The van der Waals surface area contributed by atoms with E-state index in [9.17, 15) is 18.3 Å². The Kier molecular flexibility index (Phi) is 3.43. The molecule has 0 aliphatic heterocycles. The standard InChI is InChI=1S/C13H15F3O/c14-13(15,16)8-7-10-6-5-9-3-1-2-4-11(9)12(10)17/h1-4,10,12,17H,5-8H2.